The fourth-order valence-electron chi connectivity index (χ4n) is 7.38. The first kappa shape index (κ1) is 17.0. The molecular weight excluding hydrogens is 360 g/mol. The second kappa shape index (κ2) is 4.64. The molecule has 4 fully saturated rings. The summed E-state index contributed by atoms with van der Waals surface area (Å²) >= 11 is 0. The summed E-state index contributed by atoms with van der Waals surface area (Å²) in [5.41, 5.74) is -1.44. The standard InChI is InChI=1S/C21H26N2O5/c1-18(2,3)27-17(25)23-16(24)11-5-6-13-15-12(22-28-13)7-9-20(15)14-8-10-21(23,26-14)19(11,20)4/h8,10-11,13-15H,5-7,9H2,1-4H3/t11-,13-,14?,15-,19-,20+,21+/m0/s1. The molecule has 7 nitrogen and oxygen atoms in total. The average molecular weight is 386 g/mol. The number of likely N-dealkylation sites (tertiary alicyclic amines) is 1. The molecule has 0 radical (unpaired) electrons. The van der Waals surface area contributed by atoms with Gasteiger partial charge >= 0.3 is 6.09 Å². The first-order chi connectivity index (χ1) is 13.2. The Hall–Kier alpha value is -1.89. The van der Waals surface area contributed by atoms with Gasteiger partial charge in [0, 0.05) is 22.7 Å². The predicted molar refractivity (Wildman–Crippen MR) is 98.1 cm³/mol. The number of amides is 2. The zero-order valence-electron chi connectivity index (χ0n) is 16.7. The Kier molecular flexibility index (Phi) is 2.82. The van der Waals surface area contributed by atoms with Gasteiger partial charge in [0.15, 0.2) is 5.72 Å². The first-order valence-electron chi connectivity index (χ1n) is 10.3. The van der Waals surface area contributed by atoms with Gasteiger partial charge in [0.25, 0.3) is 0 Å². The Morgan fingerprint density at radius 1 is 1.36 bits per heavy atom. The number of carbonyl (C=O) groups excluding carboxylic acids is 2. The highest BCUT2D eigenvalue weighted by molar-refractivity contribution is 5.99. The summed E-state index contributed by atoms with van der Waals surface area (Å²) in [5.74, 6) is -0.305. The van der Waals surface area contributed by atoms with E-state index in [0.29, 0.717) is 6.42 Å². The van der Waals surface area contributed by atoms with Crippen LogP contribution in [-0.2, 0) is 19.1 Å². The van der Waals surface area contributed by atoms with Crippen LogP contribution >= 0.6 is 0 Å². The van der Waals surface area contributed by atoms with E-state index < -0.39 is 22.8 Å². The molecule has 2 spiro atoms. The van der Waals surface area contributed by atoms with Crippen LogP contribution in [0.5, 0.6) is 0 Å². The van der Waals surface area contributed by atoms with E-state index in [-0.39, 0.29) is 35.4 Å². The van der Waals surface area contributed by atoms with Crippen molar-refractivity contribution in [2.45, 2.75) is 76.9 Å². The molecule has 0 N–H and O–H groups in total. The molecule has 2 bridgehead atoms. The van der Waals surface area contributed by atoms with Gasteiger partial charge in [0.2, 0.25) is 5.91 Å². The first-order valence-corrected chi connectivity index (χ1v) is 10.3. The van der Waals surface area contributed by atoms with Crippen molar-refractivity contribution in [3.63, 3.8) is 0 Å². The van der Waals surface area contributed by atoms with Crippen LogP contribution < -0.4 is 0 Å². The van der Waals surface area contributed by atoms with Crippen LogP contribution in [0.3, 0.4) is 0 Å². The highest BCUT2D eigenvalue weighted by Crippen LogP contribution is 2.78. The fourth-order valence-corrected chi connectivity index (χ4v) is 7.38. The average Bonchev–Trinajstić information content (AvgIpc) is 3.32. The maximum Gasteiger partial charge on any atom is 0.419 e. The van der Waals surface area contributed by atoms with Gasteiger partial charge in [0.1, 0.15) is 11.7 Å². The molecule has 0 aromatic heterocycles. The molecular formula is C21H26N2O5. The van der Waals surface area contributed by atoms with Gasteiger partial charge in [0.05, 0.1) is 11.8 Å². The molecule has 28 heavy (non-hydrogen) atoms. The third-order valence-electron chi connectivity index (χ3n) is 8.27. The minimum atomic E-state index is -1.07. The van der Waals surface area contributed by atoms with Gasteiger partial charge < -0.3 is 14.3 Å². The predicted octanol–water partition coefficient (Wildman–Crippen LogP) is 3.00. The number of hydrogen-bond donors (Lipinski definition) is 0. The van der Waals surface area contributed by atoms with E-state index in [2.05, 4.69) is 18.2 Å². The van der Waals surface area contributed by atoms with Crippen molar-refractivity contribution in [3.05, 3.63) is 12.2 Å². The number of ether oxygens (including phenoxy) is 2. The van der Waals surface area contributed by atoms with E-state index in [1.54, 1.807) is 0 Å². The lowest BCUT2D eigenvalue weighted by Gasteiger charge is -2.50. The van der Waals surface area contributed by atoms with E-state index in [4.69, 9.17) is 14.3 Å². The second-order valence-corrected chi connectivity index (χ2v) is 10.3. The number of oxime groups is 1. The SMILES string of the molecule is CC(C)(C)OC(=O)N1C(=O)[C@@H]2CC[C@@H]3ON=C4CC[C@@]5(C6C=C[C@@]1(O6)[C@@]25C)[C@@H]43. The van der Waals surface area contributed by atoms with Gasteiger partial charge in [-0.1, -0.05) is 18.2 Å². The molecule has 4 aliphatic heterocycles. The van der Waals surface area contributed by atoms with E-state index in [1.807, 2.05) is 26.8 Å². The molecule has 2 amide bonds. The van der Waals surface area contributed by atoms with E-state index >= 15 is 0 Å². The molecule has 7 heteroatoms. The Morgan fingerprint density at radius 3 is 2.89 bits per heavy atom. The van der Waals surface area contributed by atoms with Crippen LogP contribution in [0.15, 0.2) is 17.3 Å². The van der Waals surface area contributed by atoms with E-state index in [1.165, 1.54) is 4.90 Å². The summed E-state index contributed by atoms with van der Waals surface area (Å²) in [7, 11) is 0. The topological polar surface area (TPSA) is 77.4 Å². The number of carbonyl (C=O) groups is 2. The molecule has 7 atom stereocenters. The smallest absolute Gasteiger partial charge is 0.419 e. The van der Waals surface area contributed by atoms with E-state index in [9.17, 15) is 9.59 Å². The third-order valence-corrected chi connectivity index (χ3v) is 8.27. The van der Waals surface area contributed by atoms with Crippen molar-refractivity contribution in [1.82, 2.24) is 4.90 Å². The molecule has 2 saturated carbocycles. The molecule has 1 unspecified atom stereocenters. The van der Waals surface area contributed by atoms with Gasteiger partial charge in [-0.2, -0.15) is 0 Å². The highest BCUT2D eigenvalue weighted by atomic mass is 16.6. The van der Waals surface area contributed by atoms with Crippen molar-refractivity contribution in [2.75, 3.05) is 0 Å². The molecule has 2 saturated heterocycles. The Morgan fingerprint density at radius 2 is 2.14 bits per heavy atom. The summed E-state index contributed by atoms with van der Waals surface area (Å²) < 4.78 is 12.2. The van der Waals surface area contributed by atoms with Crippen LogP contribution in [0.4, 0.5) is 4.79 Å². The number of hydrogen-bond acceptors (Lipinski definition) is 6. The highest BCUT2D eigenvalue weighted by Gasteiger charge is 2.86. The molecule has 6 rings (SSSR count). The fraction of sp³-hybridized carbons (Fsp3) is 0.762. The molecule has 4 heterocycles. The van der Waals surface area contributed by atoms with Crippen molar-refractivity contribution >= 4 is 17.7 Å². The summed E-state index contributed by atoms with van der Waals surface area (Å²) in [4.78, 5) is 33.9. The van der Waals surface area contributed by atoms with Crippen LogP contribution in [-0.4, -0.2) is 46.1 Å². The lowest BCUT2D eigenvalue weighted by molar-refractivity contribution is -0.144. The van der Waals surface area contributed by atoms with Crippen molar-refractivity contribution < 1.29 is 23.9 Å². The Balaban J connectivity index is 1.54. The summed E-state index contributed by atoms with van der Waals surface area (Å²) in [6, 6.07) is 0. The number of fused-ring (bicyclic) bond motifs is 1. The Labute approximate surface area is 164 Å². The number of rotatable bonds is 0. The zero-order chi connectivity index (χ0) is 19.7. The zero-order valence-corrected chi connectivity index (χ0v) is 16.7. The maximum atomic E-state index is 13.6. The molecule has 6 aliphatic rings. The van der Waals surface area contributed by atoms with Crippen LogP contribution in [0.1, 0.15) is 53.4 Å². The van der Waals surface area contributed by atoms with Gasteiger partial charge in [-0.15, -0.1) is 0 Å². The van der Waals surface area contributed by atoms with Crippen molar-refractivity contribution in [2.24, 2.45) is 27.8 Å². The monoisotopic (exact) mass is 386 g/mol. The summed E-state index contributed by atoms with van der Waals surface area (Å²) in [6.45, 7) is 7.60. The largest absolute Gasteiger partial charge is 0.443 e. The van der Waals surface area contributed by atoms with Gasteiger partial charge in [-0.25, -0.2) is 9.69 Å². The molecule has 0 aromatic carbocycles. The third kappa shape index (κ3) is 1.52. The second-order valence-electron chi connectivity index (χ2n) is 10.3. The van der Waals surface area contributed by atoms with Crippen LogP contribution in [0.25, 0.3) is 0 Å². The van der Waals surface area contributed by atoms with Gasteiger partial charge in [-0.05, 0) is 52.5 Å². The lowest BCUT2D eigenvalue weighted by Crippen LogP contribution is -2.59. The molecule has 0 aromatic rings. The minimum Gasteiger partial charge on any atom is -0.443 e. The quantitative estimate of drug-likeness (QED) is 0.598. The van der Waals surface area contributed by atoms with Crippen LogP contribution in [0.2, 0.25) is 0 Å². The maximum absolute atomic E-state index is 13.6. The normalized spacial score (nSPS) is 49.6. The molecule has 150 valence electrons. The lowest BCUT2D eigenvalue weighted by atomic mass is 9.50. The van der Waals surface area contributed by atoms with Gasteiger partial charge in [-0.3, -0.25) is 4.79 Å². The summed E-state index contributed by atoms with van der Waals surface area (Å²) in [6.07, 6.45) is 6.48. The molecule has 2 aliphatic carbocycles. The van der Waals surface area contributed by atoms with E-state index in [0.717, 1.165) is 25.0 Å². The van der Waals surface area contributed by atoms with Crippen molar-refractivity contribution in [1.29, 1.82) is 0 Å². The minimum absolute atomic E-state index is 0.0103. The van der Waals surface area contributed by atoms with Crippen molar-refractivity contribution in [3.8, 4) is 0 Å². The Bertz CT molecular complexity index is 875. The summed E-state index contributed by atoms with van der Waals surface area (Å²) in [5, 5.41) is 4.39. The number of nitrogens with zero attached hydrogens (tertiary/aromatic N) is 2. The van der Waals surface area contributed by atoms with Crippen LogP contribution in [0, 0.1) is 22.7 Å². The number of imide groups is 1.